The molecule has 84 valence electrons. The van der Waals surface area contributed by atoms with Gasteiger partial charge in [-0.15, -0.1) is 0 Å². The molecule has 0 amide bonds. The summed E-state index contributed by atoms with van der Waals surface area (Å²) in [6.45, 7) is 4.07. The number of hydrogen-bond acceptors (Lipinski definition) is 2. The molecule has 1 aromatic carbocycles. The second kappa shape index (κ2) is 6.99. The molecule has 0 fully saturated rings. The Bertz CT molecular complexity index is 269. The second-order valence-corrected chi connectivity index (χ2v) is 4.81. The molecule has 0 bridgehead atoms. The van der Waals surface area contributed by atoms with Gasteiger partial charge in [-0.25, -0.2) is 0 Å². The Balaban J connectivity index is 2.12. The summed E-state index contributed by atoms with van der Waals surface area (Å²) in [6.07, 6.45) is 2.12. The molecule has 1 rings (SSSR count). The highest BCUT2D eigenvalue weighted by Crippen LogP contribution is 2.10. The van der Waals surface area contributed by atoms with Gasteiger partial charge in [-0.3, -0.25) is 0 Å². The Hall–Kier alpha value is -0.380. The van der Waals surface area contributed by atoms with Gasteiger partial charge in [0.15, 0.2) is 0 Å². The predicted octanol–water partition coefficient (Wildman–Crippen LogP) is 2.32. The summed E-state index contributed by atoms with van der Waals surface area (Å²) in [4.78, 5) is 0. The number of benzene rings is 1. The van der Waals surface area contributed by atoms with Crippen LogP contribution in [0.1, 0.15) is 18.9 Å². The lowest BCUT2D eigenvalue weighted by Gasteiger charge is -2.07. The van der Waals surface area contributed by atoms with Crippen LogP contribution in [-0.2, 0) is 6.42 Å². The first kappa shape index (κ1) is 12.7. The average molecular weight is 271 g/mol. The molecule has 0 radical (unpaired) electrons. The predicted molar refractivity (Wildman–Crippen MR) is 69.0 cm³/mol. The summed E-state index contributed by atoms with van der Waals surface area (Å²) >= 11 is 3.42. The van der Waals surface area contributed by atoms with Crippen LogP contribution in [0.5, 0.6) is 0 Å². The lowest BCUT2D eigenvalue weighted by molar-refractivity contribution is 0.590. The largest absolute Gasteiger partial charge is 0.328 e. The summed E-state index contributed by atoms with van der Waals surface area (Å²) < 4.78 is 1.14. The van der Waals surface area contributed by atoms with E-state index in [4.69, 9.17) is 5.73 Å². The van der Waals surface area contributed by atoms with Crippen LogP contribution < -0.4 is 11.1 Å². The highest BCUT2D eigenvalue weighted by atomic mass is 79.9. The average Bonchev–Trinajstić information content (AvgIpc) is 2.20. The number of halogens is 1. The van der Waals surface area contributed by atoms with E-state index in [1.54, 1.807) is 0 Å². The smallest absolute Gasteiger partial charge is 0.0175 e. The molecule has 3 N–H and O–H groups in total. The van der Waals surface area contributed by atoms with Crippen LogP contribution in [0.25, 0.3) is 0 Å². The Morgan fingerprint density at radius 2 is 1.93 bits per heavy atom. The fourth-order valence-electron chi connectivity index (χ4n) is 1.34. The van der Waals surface area contributed by atoms with E-state index in [0.29, 0.717) is 6.04 Å². The third kappa shape index (κ3) is 5.92. The van der Waals surface area contributed by atoms with Crippen LogP contribution in [0.4, 0.5) is 0 Å². The minimum atomic E-state index is 0.296. The molecule has 0 aliphatic rings. The first-order valence-corrected chi connectivity index (χ1v) is 6.18. The summed E-state index contributed by atoms with van der Waals surface area (Å²) in [5.74, 6) is 0. The highest BCUT2D eigenvalue weighted by Gasteiger charge is 1.95. The van der Waals surface area contributed by atoms with E-state index in [2.05, 4.69) is 45.5 Å². The minimum absolute atomic E-state index is 0.296. The summed E-state index contributed by atoms with van der Waals surface area (Å²) in [7, 11) is 0. The van der Waals surface area contributed by atoms with E-state index in [-0.39, 0.29) is 0 Å². The Morgan fingerprint density at radius 3 is 2.53 bits per heavy atom. The molecular weight excluding hydrogens is 252 g/mol. The van der Waals surface area contributed by atoms with Crippen molar-refractivity contribution in [1.29, 1.82) is 0 Å². The first-order valence-electron chi connectivity index (χ1n) is 5.39. The number of nitrogens with two attached hydrogens (primary N) is 1. The van der Waals surface area contributed by atoms with Gasteiger partial charge in [0.25, 0.3) is 0 Å². The number of rotatable bonds is 6. The van der Waals surface area contributed by atoms with Gasteiger partial charge in [-0.05, 0) is 50.6 Å². The highest BCUT2D eigenvalue weighted by molar-refractivity contribution is 9.10. The van der Waals surface area contributed by atoms with Crippen LogP contribution in [0, 0.1) is 0 Å². The molecule has 1 atom stereocenters. The van der Waals surface area contributed by atoms with Crippen molar-refractivity contribution < 1.29 is 0 Å². The maximum absolute atomic E-state index is 5.66. The normalized spacial score (nSPS) is 12.7. The second-order valence-electron chi connectivity index (χ2n) is 3.89. The van der Waals surface area contributed by atoms with Gasteiger partial charge in [0, 0.05) is 10.5 Å². The molecule has 0 aromatic heterocycles. The Morgan fingerprint density at radius 1 is 1.27 bits per heavy atom. The molecule has 0 saturated carbocycles. The van der Waals surface area contributed by atoms with E-state index in [1.165, 1.54) is 5.56 Å². The fraction of sp³-hybridized carbons (Fsp3) is 0.500. The maximum atomic E-state index is 5.66. The van der Waals surface area contributed by atoms with Crippen LogP contribution >= 0.6 is 15.9 Å². The van der Waals surface area contributed by atoms with E-state index in [1.807, 2.05) is 6.92 Å². The zero-order chi connectivity index (χ0) is 11.1. The zero-order valence-electron chi connectivity index (χ0n) is 9.17. The van der Waals surface area contributed by atoms with Gasteiger partial charge in [-0.1, -0.05) is 28.1 Å². The summed E-state index contributed by atoms with van der Waals surface area (Å²) in [5.41, 5.74) is 7.02. The summed E-state index contributed by atoms with van der Waals surface area (Å²) in [6, 6.07) is 8.76. The van der Waals surface area contributed by atoms with E-state index in [9.17, 15) is 0 Å². The van der Waals surface area contributed by atoms with Crippen molar-refractivity contribution in [3.05, 3.63) is 34.3 Å². The van der Waals surface area contributed by atoms with Gasteiger partial charge in [0.1, 0.15) is 0 Å². The molecule has 0 aliphatic heterocycles. The van der Waals surface area contributed by atoms with Crippen molar-refractivity contribution >= 4 is 15.9 Å². The molecule has 3 heteroatoms. The van der Waals surface area contributed by atoms with Crippen molar-refractivity contribution in [2.75, 3.05) is 13.1 Å². The Labute approximate surface area is 100 Å². The molecule has 0 heterocycles. The van der Waals surface area contributed by atoms with Crippen molar-refractivity contribution in [3.8, 4) is 0 Å². The third-order valence-corrected chi connectivity index (χ3v) is 2.81. The van der Waals surface area contributed by atoms with Gasteiger partial charge >= 0.3 is 0 Å². The third-order valence-electron chi connectivity index (χ3n) is 2.28. The van der Waals surface area contributed by atoms with Gasteiger partial charge < -0.3 is 11.1 Å². The van der Waals surface area contributed by atoms with E-state index >= 15 is 0 Å². The molecular formula is C12H19BrN2. The lowest BCUT2D eigenvalue weighted by atomic mass is 10.1. The van der Waals surface area contributed by atoms with Crippen molar-refractivity contribution in [2.24, 2.45) is 5.73 Å². The SMILES string of the molecule is CC(N)CCNCCc1ccc(Br)cc1. The first-order chi connectivity index (χ1) is 7.18. The summed E-state index contributed by atoms with van der Waals surface area (Å²) in [5, 5.41) is 3.39. The monoisotopic (exact) mass is 270 g/mol. The van der Waals surface area contributed by atoms with Gasteiger partial charge in [0.05, 0.1) is 0 Å². The molecule has 0 spiro atoms. The molecule has 15 heavy (non-hydrogen) atoms. The number of hydrogen-bond donors (Lipinski definition) is 2. The van der Waals surface area contributed by atoms with Gasteiger partial charge in [0.2, 0.25) is 0 Å². The molecule has 1 aromatic rings. The standard InChI is InChI=1S/C12H19BrN2/c1-10(14)6-8-15-9-7-11-2-4-12(13)5-3-11/h2-5,10,15H,6-9,14H2,1H3. The van der Waals surface area contributed by atoms with Crippen molar-refractivity contribution in [1.82, 2.24) is 5.32 Å². The Kier molecular flexibility index (Phi) is 5.91. The molecule has 1 unspecified atom stereocenters. The maximum Gasteiger partial charge on any atom is 0.0175 e. The molecule has 2 nitrogen and oxygen atoms in total. The zero-order valence-corrected chi connectivity index (χ0v) is 10.8. The fourth-order valence-corrected chi connectivity index (χ4v) is 1.60. The number of nitrogens with one attached hydrogen (secondary N) is 1. The van der Waals surface area contributed by atoms with Crippen LogP contribution in [-0.4, -0.2) is 19.1 Å². The lowest BCUT2D eigenvalue weighted by Crippen LogP contribution is -2.25. The topological polar surface area (TPSA) is 38.0 Å². The van der Waals surface area contributed by atoms with E-state index in [0.717, 1.165) is 30.4 Å². The van der Waals surface area contributed by atoms with E-state index < -0.39 is 0 Å². The van der Waals surface area contributed by atoms with Crippen LogP contribution in [0.2, 0.25) is 0 Å². The van der Waals surface area contributed by atoms with Crippen molar-refractivity contribution in [2.45, 2.75) is 25.8 Å². The minimum Gasteiger partial charge on any atom is -0.328 e. The molecule has 0 aliphatic carbocycles. The quantitative estimate of drug-likeness (QED) is 0.779. The van der Waals surface area contributed by atoms with Gasteiger partial charge in [-0.2, -0.15) is 0 Å². The van der Waals surface area contributed by atoms with Crippen LogP contribution in [0.3, 0.4) is 0 Å². The van der Waals surface area contributed by atoms with Crippen molar-refractivity contribution in [3.63, 3.8) is 0 Å². The van der Waals surface area contributed by atoms with Crippen LogP contribution in [0.15, 0.2) is 28.7 Å². The molecule has 0 saturated heterocycles.